The third kappa shape index (κ3) is 6.67. The van der Waals surface area contributed by atoms with Gasteiger partial charge in [0.2, 0.25) is 5.13 Å². The van der Waals surface area contributed by atoms with E-state index in [0.29, 0.717) is 22.3 Å². The third-order valence-electron chi connectivity index (χ3n) is 3.96. The summed E-state index contributed by atoms with van der Waals surface area (Å²) >= 11 is 1.21. The second-order valence-corrected chi connectivity index (χ2v) is 7.09. The topological polar surface area (TPSA) is 72.8 Å². The number of rotatable bonds is 11. The zero-order valence-electron chi connectivity index (χ0n) is 16.2. The molecule has 7 heteroatoms. The van der Waals surface area contributed by atoms with Gasteiger partial charge in [-0.25, -0.2) is 9.78 Å². The number of methoxy groups -OCH3 is 1. The lowest BCUT2D eigenvalue weighted by molar-refractivity contribution is 0.0605. The number of para-hydroxylation sites is 1. The van der Waals surface area contributed by atoms with Crippen LogP contribution in [0.1, 0.15) is 60.0 Å². The van der Waals surface area contributed by atoms with Gasteiger partial charge < -0.3 is 9.47 Å². The molecule has 0 saturated carbocycles. The zero-order chi connectivity index (χ0) is 19.5. The second-order valence-electron chi connectivity index (χ2n) is 6.10. The van der Waals surface area contributed by atoms with Gasteiger partial charge in [-0.15, -0.1) is 0 Å². The molecule has 0 aliphatic carbocycles. The Morgan fingerprint density at radius 3 is 2.81 bits per heavy atom. The van der Waals surface area contributed by atoms with Crippen molar-refractivity contribution in [1.29, 1.82) is 0 Å². The minimum Gasteiger partial charge on any atom is -0.493 e. The van der Waals surface area contributed by atoms with Crippen LogP contribution < -0.4 is 10.2 Å². The Bertz CT molecular complexity index is 759. The smallest absolute Gasteiger partial charge is 0.350 e. The highest BCUT2D eigenvalue weighted by atomic mass is 32.1. The number of hydrogen-bond acceptors (Lipinski definition) is 7. The van der Waals surface area contributed by atoms with Gasteiger partial charge in [-0.3, -0.25) is 5.43 Å². The van der Waals surface area contributed by atoms with Gasteiger partial charge >= 0.3 is 5.97 Å². The number of nitrogens with zero attached hydrogens (tertiary/aromatic N) is 2. The number of aromatic nitrogens is 1. The van der Waals surface area contributed by atoms with Crippen molar-refractivity contribution in [1.82, 2.24) is 4.98 Å². The standard InChI is InChI=1S/C20H27N3O3S/c1-4-5-6-7-10-13-26-17-12-9-8-11-16(17)14-21-23-20-22-15(2)18(27-20)19(24)25-3/h8-9,11-12,14H,4-7,10,13H2,1-3H3,(H,22,23)/b21-14-. The van der Waals surface area contributed by atoms with Crippen LogP contribution in [-0.2, 0) is 4.74 Å². The van der Waals surface area contributed by atoms with E-state index in [-0.39, 0.29) is 5.97 Å². The largest absolute Gasteiger partial charge is 0.493 e. The van der Waals surface area contributed by atoms with E-state index in [1.807, 2.05) is 24.3 Å². The molecule has 1 N–H and O–H groups in total. The maximum atomic E-state index is 11.6. The van der Waals surface area contributed by atoms with Crippen LogP contribution in [-0.4, -0.2) is 30.9 Å². The summed E-state index contributed by atoms with van der Waals surface area (Å²) in [6.07, 6.45) is 7.72. The molecule has 1 aromatic heterocycles. The molecular weight excluding hydrogens is 362 g/mol. The fraction of sp³-hybridized carbons (Fsp3) is 0.450. The Morgan fingerprint density at radius 1 is 1.26 bits per heavy atom. The molecule has 6 nitrogen and oxygen atoms in total. The number of nitrogens with one attached hydrogen (secondary N) is 1. The van der Waals surface area contributed by atoms with Crippen LogP contribution in [0.2, 0.25) is 0 Å². The van der Waals surface area contributed by atoms with Crippen LogP contribution in [0.25, 0.3) is 0 Å². The summed E-state index contributed by atoms with van der Waals surface area (Å²) in [5.41, 5.74) is 4.38. The maximum absolute atomic E-state index is 11.6. The molecule has 0 fully saturated rings. The molecule has 0 bridgehead atoms. The highest BCUT2D eigenvalue weighted by Crippen LogP contribution is 2.23. The van der Waals surface area contributed by atoms with Gasteiger partial charge in [0.1, 0.15) is 10.6 Å². The van der Waals surface area contributed by atoms with Gasteiger partial charge in [0.15, 0.2) is 0 Å². The van der Waals surface area contributed by atoms with E-state index in [2.05, 4.69) is 22.4 Å². The summed E-state index contributed by atoms with van der Waals surface area (Å²) in [7, 11) is 1.35. The van der Waals surface area contributed by atoms with Crippen molar-refractivity contribution in [2.24, 2.45) is 5.10 Å². The molecule has 0 amide bonds. The van der Waals surface area contributed by atoms with Crippen molar-refractivity contribution in [2.45, 2.75) is 46.0 Å². The SMILES string of the molecule is CCCCCCCOc1ccccc1/C=N\Nc1nc(C)c(C(=O)OC)s1. The molecule has 2 rings (SSSR count). The number of carbonyl (C=O) groups excluding carboxylic acids is 1. The zero-order valence-corrected chi connectivity index (χ0v) is 17.0. The molecule has 1 aromatic carbocycles. The van der Waals surface area contributed by atoms with Gasteiger partial charge in [0, 0.05) is 5.56 Å². The average molecular weight is 390 g/mol. The van der Waals surface area contributed by atoms with E-state index < -0.39 is 0 Å². The van der Waals surface area contributed by atoms with Crippen molar-refractivity contribution in [2.75, 3.05) is 19.1 Å². The summed E-state index contributed by atoms with van der Waals surface area (Å²) < 4.78 is 10.6. The highest BCUT2D eigenvalue weighted by molar-refractivity contribution is 7.17. The molecule has 146 valence electrons. The first-order valence-electron chi connectivity index (χ1n) is 9.22. The number of ether oxygens (including phenoxy) is 2. The minimum atomic E-state index is -0.389. The number of unbranched alkanes of at least 4 members (excludes halogenated alkanes) is 4. The fourth-order valence-electron chi connectivity index (χ4n) is 2.49. The predicted octanol–water partition coefficient (Wildman–Crippen LogP) is 5.03. The normalized spacial score (nSPS) is 10.9. The van der Waals surface area contributed by atoms with Gasteiger partial charge in [-0.1, -0.05) is 56.1 Å². The number of benzene rings is 1. The molecule has 0 aliphatic rings. The van der Waals surface area contributed by atoms with Crippen LogP contribution >= 0.6 is 11.3 Å². The number of hydrogen-bond donors (Lipinski definition) is 1. The number of anilines is 1. The number of thiazole rings is 1. The molecule has 0 saturated heterocycles. The van der Waals surface area contributed by atoms with E-state index >= 15 is 0 Å². The Balaban J connectivity index is 1.90. The number of esters is 1. The molecule has 27 heavy (non-hydrogen) atoms. The van der Waals surface area contributed by atoms with Crippen molar-refractivity contribution in [3.05, 3.63) is 40.4 Å². The Kier molecular flexibility index (Phi) is 8.77. The van der Waals surface area contributed by atoms with Crippen molar-refractivity contribution in [3.8, 4) is 5.75 Å². The average Bonchev–Trinajstić information content (AvgIpc) is 3.05. The Hall–Kier alpha value is -2.41. The lowest BCUT2D eigenvalue weighted by Crippen LogP contribution is -2.00. The number of hydrazone groups is 1. The van der Waals surface area contributed by atoms with E-state index in [4.69, 9.17) is 9.47 Å². The summed E-state index contributed by atoms with van der Waals surface area (Å²) in [6, 6.07) is 7.78. The van der Waals surface area contributed by atoms with Gasteiger partial charge in [-0.05, 0) is 25.5 Å². The monoisotopic (exact) mass is 389 g/mol. The highest BCUT2D eigenvalue weighted by Gasteiger charge is 2.15. The van der Waals surface area contributed by atoms with Gasteiger partial charge in [0.25, 0.3) is 0 Å². The molecular formula is C20H27N3O3S. The quantitative estimate of drug-likeness (QED) is 0.252. The van der Waals surface area contributed by atoms with E-state index in [1.165, 1.54) is 44.1 Å². The molecule has 0 aliphatic heterocycles. The Morgan fingerprint density at radius 2 is 2.04 bits per heavy atom. The molecule has 2 aromatic rings. The molecule has 0 unspecified atom stereocenters. The summed E-state index contributed by atoms with van der Waals surface area (Å²) in [4.78, 5) is 16.4. The summed E-state index contributed by atoms with van der Waals surface area (Å²) in [5.74, 6) is 0.420. The number of aryl methyl sites for hydroxylation is 1. The van der Waals surface area contributed by atoms with Crippen LogP contribution in [0.15, 0.2) is 29.4 Å². The lowest BCUT2D eigenvalue weighted by Gasteiger charge is -2.08. The fourth-order valence-corrected chi connectivity index (χ4v) is 3.32. The maximum Gasteiger partial charge on any atom is 0.350 e. The minimum absolute atomic E-state index is 0.389. The molecule has 1 heterocycles. The third-order valence-corrected chi connectivity index (χ3v) is 5.00. The van der Waals surface area contributed by atoms with Crippen LogP contribution in [0.4, 0.5) is 5.13 Å². The predicted molar refractivity (Wildman–Crippen MR) is 110 cm³/mol. The Labute approximate surface area is 164 Å². The van der Waals surface area contributed by atoms with Crippen molar-refractivity contribution < 1.29 is 14.3 Å². The molecule has 0 radical (unpaired) electrons. The summed E-state index contributed by atoms with van der Waals surface area (Å²) in [5, 5.41) is 4.76. The van der Waals surface area contributed by atoms with E-state index in [1.54, 1.807) is 13.1 Å². The first-order chi connectivity index (χ1) is 13.2. The lowest BCUT2D eigenvalue weighted by atomic mass is 10.2. The first-order valence-corrected chi connectivity index (χ1v) is 10.0. The summed E-state index contributed by atoms with van der Waals surface area (Å²) in [6.45, 7) is 4.68. The first kappa shape index (κ1) is 20.9. The molecule has 0 atom stereocenters. The second kappa shape index (κ2) is 11.3. The van der Waals surface area contributed by atoms with Crippen molar-refractivity contribution >= 4 is 28.7 Å². The van der Waals surface area contributed by atoms with E-state index in [0.717, 1.165) is 17.7 Å². The molecule has 0 spiro atoms. The van der Waals surface area contributed by atoms with Crippen molar-refractivity contribution in [3.63, 3.8) is 0 Å². The van der Waals surface area contributed by atoms with E-state index in [9.17, 15) is 4.79 Å². The van der Waals surface area contributed by atoms with Crippen LogP contribution in [0, 0.1) is 6.92 Å². The van der Waals surface area contributed by atoms with Crippen LogP contribution in [0.3, 0.4) is 0 Å². The van der Waals surface area contributed by atoms with Crippen LogP contribution in [0.5, 0.6) is 5.75 Å². The number of carbonyl (C=O) groups is 1. The van der Waals surface area contributed by atoms with Gasteiger partial charge in [-0.2, -0.15) is 5.10 Å². The van der Waals surface area contributed by atoms with Gasteiger partial charge in [0.05, 0.1) is 25.6 Å².